The lowest BCUT2D eigenvalue weighted by molar-refractivity contribution is 0.0934. The Balaban J connectivity index is 0.972. The molecule has 0 aliphatic carbocycles. The summed E-state index contributed by atoms with van der Waals surface area (Å²) in [5.41, 5.74) is 11.0. The van der Waals surface area contributed by atoms with Crippen molar-refractivity contribution < 1.29 is 9.59 Å². The van der Waals surface area contributed by atoms with E-state index >= 15 is 0 Å². The Morgan fingerprint density at radius 1 is 0.796 bits per heavy atom. The van der Waals surface area contributed by atoms with Gasteiger partial charge in [0.2, 0.25) is 0 Å². The monoisotopic (exact) mass is 656 g/mol. The number of rotatable bonds is 11. The Bertz CT molecular complexity index is 1750. The lowest BCUT2D eigenvalue weighted by atomic mass is 9.90. The van der Waals surface area contributed by atoms with Crippen LogP contribution in [0.5, 0.6) is 0 Å². The van der Waals surface area contributed by atoms with E-state index in [1.165, 1.54) is 58.3 Å². The van der Waals surface area contributed by atoms with Crippen molar-refractivity contribution in [3.05, 3.63) is 101 Å². The first kappa shape index (κ1) is 34.6. The summed E-state index contributed by atoms with van der Waals surface area (Å²) in [6.07, 6.45) is 8.43. The molecule has 3 aromatic carbocycles. The van der Waals surface area contributed by atoms with E-state index in [1.807, 2.05) is 38.4 Å². The largest absolute Gasteiger partial charge is 0.372 e. The summed E-state index contributed by atoms with van der Waals surface area (Å²) in [6, 6.07) is 23.8. The fourth-order valence-corrected chi connectivity index (χ4v) is 7.59. The van der Waals surface area contributed by atoms with E-state index in [-0.39, 0.29) is 11.7 Å². The van der Waals surface area contributed by atoms with Gasteiger partial charge in [-0.1, -0.05) is 58.0 Å². The van der Waals surface area contributed by atoms with E-state index in [0.29, 0.717) is 17.0 Å². The molecule has 0 radical (unpaired) electrons. The van der Waals surface area contributed by atoms with Crippen LogP contribution in [0.25, 0.3) is 22.3 Å². The maximum Gasteiger partial charge on any atom is 0.166 e. The Labute approximate surface area is 293 Å². The number of carbonyl (C=O) groups excluding carboxylic acids is 2. The quantitative estimate of drug-likeness (QED) is 0.119. The molecule has 2 fully saturated rings. The van der Waals surface area contributed by atoms with Crippen molar-refractivity contribution in [1.29, 1.82) is 0 Å². The van der Waals surface area contributed by atoms with Gasteiger partial charge < -0.3 is 9.80 Å². The van der Waals surface area contributed by atoms with Crippen LogP contribution in [0.15, 0.2) is 79.1 Å². The summed E-state index contributed by atoms with van der Waals surface area (Å²) < 4.78 is 0. The third kappa shape index (κ3) is 7.96. The summed E-state index contributed by atoms with van der Waals surface area (Å²) in [5.74, 6) is 1.13. The van der Waals surface area contributed by atoms with Crippen molar-refractivity contribution in [3.8, 4) is 22.3 Å². The molecule has 0 saturated carbocycles. The SMILES string of the molecule is Cc1cc(-c2ccc(N3CCC(CCN4CCN(c5ccc(C=O)c(C(=O)C(C)C)c5)CC4)CC3)cc2)ccc1-c1cnccc1C(C)C. The Hall–Kier alpha value is -4.29. The van der Waals surface area contributed by atoms with Crippen molar-refractivity contribution in [2.45, 2.75) is 59.8 Å². The molecule has 3 heterocycles. The summed E-state index contributed by atoms with van der Waals surface area (Å²) in [4.78, 5) is 36.2. The number of hydrogen-bond acceptors (Lipinski definition) is 6. The summed E-state index contributed by atoms with van der Waals surface area (Å²) in [7, 11) is 0. The molecular weight excluding hydrogens is 604 g/mol. The first-order valence-corrected chi connectivity index (χ1v) is 18.2. The number of carbonyl (C=O) groups is 2. The molecular formula is C43H52N4O2. The highest BCUT2D eigenvalue weighted by atomic mass is 16.1. The number of pyridine rings is 1. The smallest absolute Gasteiger partial charge is 0.166 e. The van der Waals surface area contributed by atoms with Gasteiger partial charge in [-0.25, -0.2) is 0 Å². The van der Waals surface area contributed by atoms with Crippen LogP contribution in [0, 0.1) is 18.8 Å². The average molecular weight is 657 g/mol. The van der Waals surface area contributed by atoms with Crippen LogP contribution >= 0.6 is 0 Å². The fourth-order valence-electron chi connectivity index (χ4n) is 7.59. The van der Waals surface area contributed by atoms with Gasteiger partial charge >= 0.3 is 0 Å². The molecule has 0 spiro atoms. The number of anilines is 2. The van der Waals surface area contributed by atoms with E-state index in [9.17, 15) is 9.59 Å². The lowest BCUT2D eigenvalue weighted by Gasteiger charge is -2.38. The second-order valence-corrected chi connectivity index (χ2v) is 14.7. The number of aldehydes is 1. The number of piperazine rings is 1. The first-order valence-electron chi connectivity index (χ1n) is 18.2. The van der Waals surface area contributed by atoms with E-state index in [0.717, 1.165) is 63.7 Å². The topological polar surface area (TPSA) is 56.8 Å². The third-order valence-electron chi connectivity index (χ3n) is 10.7. The molecule has 0 unspecified atom stereocenters. The molecule has 0 N–H and O–H groups in total. The van der Waals surface area contributed by atoms with Gasteiger partial charge in [-0.2, -0.15) is 0 Å². The van der Waals surface area contributed by atoms with Crippen LogP contribution in [0.4, 0.5) is 11.4 Å². The van der Waals surface area contributed by atoms with Crippen molar-refractivity contribution in [2.24, 2.45) is 11.8 Å². The van der Waals surface area contributed by atoms with E-state index in [4.69, 9.17) is 0 Å². The van der Waals surface area contributed by atoms with Crippen LogP contribution in [0.3, 0.4) is 0 Å². The molecule has 6 rings (SSSR count). The highest BCUT2D eigenvalue weighted by molar-refractivity contribution is 6.04. The molecule has 6 nitrogen and oxygen atoms in total. The van der Waals surface area contributed by atoms with Gasteiger partial charge in [0.25, 0.3) is 0 Å². The van der Waals surface area contributed by atoms with Gasteiger partial charge in [0.05, 0.1) is 0 Å². The number of Topliss-reactive ketones (excluding diaryl/α,β-unsaturated/α-hetero) is 1. The van der Waals surface area contributed by atoms with Gasteiger partial charge in [-0.15, -0.1) is 0 Å². The van der Waals surface area contributed by atoms with Gasteiger partial charge in [-0.3, -0.25) is 19.5 Å². The molecule has 6 heteroatoms. The molecule has 256 valence electrons. The second-order valence-electron chi connectivity index (χ2n) is 14.7. The van der Waals surface area contributed by atoms with Crippen LogP contribution in [0.2, 0.25) is 0 Å². The maximum atomic E-state index is 12.7. The van der Waals surface area contributed by atoms with Crippen LogP contribution < -0.4 is 9.80 Å². The minimum absolute atomic E-state index is 0.0316. The zero-order valence-electron chi connectivity index (χ0n) is 30.0. The molecule has 0 bridgehead atoms. The molecule has 4 aromatic rings. The number of piperidine rings is 1. The highest BCUT2D eigenvalue weighted by Crippen LogP contribution is 2.34. The van der Waals surface area contributed by atoms with Gasteiger partial charge in [-0.05, 0) is 109 Å². The number of aryl methyl sites for hydroxylation is 1. The Morgan fingerprint density at radius 3 is 2.12 bits per heavy atom. The number of benzene rings is 3. The molecule has 49 heavy (non-hydrogen) atoms. The normalized spacial score (nSPS) is 16.1. The second kappa shape index (κ2) is 15.5. The molecule has 2 aliphatic heterocycles. The predicted octanol–water partition coefficient (Wildman–Crippen LogP) is 8.93. The maximum absolute atomic E-state index is 12.7. The summed E-state index contributed by atoms with van der Waals surface area (Å²) in [6.45, 7) is 17.8. The molecule has 0 atom stereocenters. The van der Waals surface area contributed by atoms with Crippen molar-refractivity contribution in [1.82, 2.24) is 9.88 Å². The Morgan fingerprint density at radius 2 is 1.47 bits per heavy atom. The standard InChI is InChI=1S/C43H52N4O2/c1-30(2)39-14-18-44-28-42(39)40-13-9-35(26-32(40)5)34-6-10-37(11-7-34)46-20-16-33(17-21-46)15-19-45-22-24-47(25-23-45)38-12-8-36(29-48)41(27-38)43(49)31(3)4/h6-14,18,26-31,33H,15-17,19-25H2,1-5H3. The zero-order valence-corrected chi connectivity index (χ0v) is 30.0. The molecule has 2 aliphatic rings. The summed E-state index contributed by atoms with van der Waals surface area (Å²) >= 11 is 0. The van der Waals surface area contributed by atoms with Crippen LogP contribution in [-0.2, 0) is 0 Å². The number of hydrogen-bond donors (Lipinski definition) is 0. The molecule has 2 saturated heterocycles. The zero-order chi connectivity index (χ0) is 34.5. The van der Waals surface area contributed by atoms with Gasteiger partial charge in [0.15, 0.2) is 12.1 Å². The number of ketones is 1. The summed E-state index contributed by atoms with van der Waals surface area (Å²) in [5, 5.41) is 0. The van der Waals surface area contributed by atoms with Gasteiger partial charge in [0.1, 0.15) is 0 Å². The lowest BCUT2D eigenvalue weighted by Crippen LogP contribution is -2.47. The number of aromatic nitrogens is 1. The molecule has 0 amide bonds. The van der Waals surface area contributed by atoms with Crippen molar-refractivity contribution in [3.63, 3.8) is 0 Å². The minimum atomic E-state index is -0.131. The van der Waals surface area contributed by atoms with Crippen molar-refractivity contribution >= 4 is 23.4 Å². The van der Waals surface area contributed by atoms with Crippen LogP contribution in [0.1, 0.15) is 84.7 Å². The predicted molar refractivity (Wildman–Crippen MR) is 203 cm³/mol. The van der Waals surface area contributed by atoms with Crippen LogP contribution in [-0.4, -0.2) is 67.8 Å². The Kier molecular flexibility index (Phi) is 10.9. The highest BCUT2D eigenvalue weighted by Gasteiger charge is 2.24. The first-order chi connectivity index (χ1) is 23.7. The van der Waals surface area contributed by atoms with Crippen molar-refractivity contribution in [2.75, 3.05) is 55.6 Å². The van der Waals surface area contributed by atoms with E-state index in [2.05, 4.69) is 89.0 Å². The van der Waals surface area contributed by atoms with Gasteiger partial charge in [0, 0.05) is 85.6 Å². The minimum Gasteiger partial charge on any atom is -0.372 e. The van der Waals surface area contributed by atoms with E-state index < -0.39 is 0 Å². The van der Waals surface area contributed by atoms with E-state index in [1.54, 1.807) is 6.07 Å². The molecule has 1 aromatic heterocycles. The third-order valence-corrected chi connectivity index (χ3v) is 10.7. The average Bonchev–Trinajstić information content (AvgIpc) is 3.14. The number of nitrogens with zero attached hydrogens (tertiary/aromatic N) is 4. The fraction of sp³-hybridized carbons (Fsp3) is 0.419.